The van der Waals surface area contributed by atoms with Gasteiger partial charge < -0.3 is 10.1 Å². The van der Waals surface area contributed by atoms with E-state index in [1.54, 1.807) is 43.3 Å². The maximum absolute atomic E-state index is 13.1. The smallest absolute Gasteiger partial charge is 0.286 e. The summed E-state index contributed by atoms with van der Waals surface area (Å²) in [6, 6.07) is 9.98. The number of hydrogen-bond donors (Lipinski definition) is 2. The number of nitrogens with one attached hydrogen (secondary N) is 2. The fourth-order valence-corrected chi connectivity index (χ4v) is 3.92. The van der Waals surface area contributed by atoms with Gasteiger partial charge in [-0.1, -0.05) is 34.5 Å². The Morgan fingerprint density at radius 1 is 0.941 bits per heavy atom. The van der Waals surface area contributed by atoms with E-state index in [2.05, 4.69) is 30.8 Å². The molecule has 0 saturated carbocycles. The molecule has 0 spiro atoms. The van der Waals surface area contributed by atoms with Crippen molar-refractivity contribution in [2.45, 2.75) is 6.92 Å². The quantitative estimate of drug-likeness (QED) is 0.342. The summed E-state index contributed by atoms with van der Waals surface area (Å²) in [7, 11) is 1.50. The summed E-state index contributed by atoms with van der Waals surface area (Å²) in [5.74, 6) is -0.506. The van der Waals surface area contributed by atoms with E-state index in [0.717, 1.165) is 11.3 Å². The molecule has 1 aromatic carbocycles. The van der Waals surface area contributed by atoms with E-state index in [1.807, 2.05) is 0 Å². The highest BCUT2D eigenvalue weighted by Crippen LogP contribution is 2.34. The van der Waals surface area contributed by atoms with Crippen LogP contribution in [0.5, 0.6) is 5.75 Å². The number of benzene rings is 1. The Hall–Kier alpha value is -3.60. The number of pyridine rings is 2. The summed E-state index contributed by atoms with van der Waals surface area (Å²) in [4.78, 5) is 33.8. The zero-order chi connectivity index (χ0) is 24.2. The predicted octanol–water partition coefficient (Wildman–Crippen LogP) is 5.12. The summed E-state index contributed by atoms with van der Waals surface area (Å²) in [6.45, 7) is 1.80. The van der Waals surface area contributed by atoms with Crippen LogP contribution in [-0.4, -0.2) is 39.1 Å². The molecule has 12 heteroatoms. The number of hydrogen-bond acceptors (Lipinski definition) is 8. The van der Waals surface area contributed by atoms with E-state index >= 15 is 0 Å². The molecule has 4 rings (SSSR count). The van der Waals surface area contributed by atoms with E-state index in [-0.39, 0.29) is 20.9 Å². The summed E-state index contributed by atoms with van der Waals surface area (Å²) in [6.07, 6.45) is 2.92. The molecule has 0 aliphatic rings. The monoisotopic (exact) mass is 514 g/mol. The Morgan fingerprint density at radius 3 is 2.44 bits per heavy atom. The molecule has 0 aliphatic carbocycles. The third kappa shape index (κ3) is 5.30. The number of methoxy groups -OCH3 is 1. The van der Waals surface area contributed by atoms with Gasteiger partial charge in [-0.05, 0) is 43.3 Å². The largest absolute Gasteiger partial charge is 0.494 e. The molecule has 0 unspecified atom stereocenters. The molecule has 0 atom stereocenters. The maximum atomic E-state index is 13.1. The van der Waals surface area contributed by atoms with E-state index in [0.29, 0.717) is 33.3 Å². The van der Waals surface area contributed by atoms with Crippen molar-refractivity contribution in [3.05, 3.63) is 75.2 Å². The molecule has 0 aliphatic heterocycles. The van der Waals surface area contributed by atoms with Gasteiger partial charge in [-0.25, -0.2) is 4.98 Å². The van der Waals surface area contributed by atoms with Crippen LogP contribution in [0.1, 0.15) is 25.9 Å². The van der Waals surface area contributed by atoms with Crippen LogP contribution in [0.2, 0.25) is 10.2 Å². The van der Waals surface area contributed by atoms with Crippen molar-refractivity contribution < 1.29 is 14.3 Å². The lowest BCUT2D eigenvalue weighted by molar-refractivity contribution is 0.101. The van der Waals surface area contributed by atoms with E-state index in [1.165, 1.54) is 19.5 Å². The molecule has 4 aromatic rings. The van der Waals surface area contributed by atoms with Gasteiger partial charge in [0.05, 0.1) is 18.9 Å². The number of amides is 2. The molecule has 9 nitrogen and oxygen atoms in total. The van der Waals surface area contributed by atoms with Crippen molar-refractivity contribution in [2.24, 2.45) is 0 Å². The van der Waals surface area contributed by atoms with Gasteiger partial charge in [0.1, 0.15) is 10.9 Å². The predicted molar refractivity (Wildman–Crippen MR) is 131 cm³/mol. The Labute approximate surface area is 208 Å². The molecule has 172 valence electrons. The number of halogens is 2. The van der Waals surface area contributed by atoms with Gasteiger partial charge in [-0.2, -0.15) is 0 Å². The SMILES string of the molecule is COc1cnc(Cl)cc1-c1cc(C)ncc1C(=O)Nc1nnc(C(=O)Nc2ccc(Cl)cc2)s1. The summed E-state index contributed by atoms with van der Waals surface area (Å²) in [5.41, 5.74) is 2.64. The molecule has 3 heterocycles. The highest BCUT2D eigenvalue weighted by Gasteiger charge is 2.20. The highest BCUT2D eigenvalue weighted by atomic mass is 35.5. The van der Waals surface area contributed by atoms with Crippen molar-refractivity contribution in [3.63, 3.8) is 0 Å². The molecule has 2 amide bonds. The van der Waals surface area contributed by atoms with Crippen LogP contribution in [0, 0.1) is 6.92 Å². The van der Waals surface area contributed by atoms with Crippen molar-refractivity contribution in [2.75, 3.05) is 17.7 Å². The minimum atomic E-state index is -0.488. The second-order valence-corrected chi connectivity index (χ2v) is 8.71. The van der Waals surface area contributed by atoms with Gasteiger partial charge in [-0.15, -0.1) is 10.2 Å². The number of aryl methyl sites for hydroxylation is 1. The average Bonchev–Trinajstić information content (AvgIpc) is 3.29. The average molecular weight is 515 g/mol. The number of nitrogens with zero attached hydrogens (tertiary/aromatic N) is 4. The first kappa shape index (κ1) is 23.6. The molecule has 0 fully saturated rings. The first-order chi connectivity index (χ1) is 16.3. The fourth-order valence-electron chi connectivity index (χ4n) is 3.00. The number of rotatable bonds is 6. The van der Waals surface area contributed by atoms with E-state index in [9.17, 15) is 9.59 Å². The van der Waals surface area contributed by atoms with Crippen LogP contribution in [-0.2, 0) is 0 Å². The van der Waals surface area contributed by atoms with Gasteiger partial charge >= 0.3 is 0 Å². The van der Waals surface area contributed by atoms with Gasteiger partial charge in [0, 0.05) is 33.7 Å². The van der Waals surface area contributed by atoms with Crippen LogP contribution in [0.3, 0.4) is 0 Å². The molecule has 34 heavy (non-hydrogen) atoms. The van der Waals surface area contributed by atoms with Crippen molar-refractivity contribution >= 4 is 57.2 Å². The summed E-state index contributed by atoms with van der Waals surface area (Å²) in [5, 5.41) is 14.2. The summed E-state index contributed by atoms with van der Waals surface area (Å²) < 4.78 is 5.39. The van der Waals surface area contributed by atoms with Crippen molar-refractivity contribution in [3.8, 4) is 16.9 Å². The minimum Gasteiger partial charge on any atom is -0.494 e. The number of carbonyl (C=O) groups is 2. The number of carbonyl (C=O) groups excluding carboxylic acids is 2. The molecular formula is C22H16Cl2N6O3S. The van der Waals surface area contributed by atoms with E-state index in [4.69, 9.17) is 27.9 Å². The van der Waals surface area contributed by atoms with Crippen molar-refractivity contribution in [1.82, 2.24) is 20.2 Å². The van der Waals surface area contributed by atoms with Gasteiger partial charge in [0.2, 0.25) is 10.1 Å². The Kier molecular flexibility index (Phi) is 7.01. The fraction of sp³-hybridized carbons (Fsp3) is 0.0909. The van der Waals surface area contributed by atoms with Crippen LogP contribution in [0.25, 0.3) is 11.1 Å². The normalized spacial score (nSPS) is 10.6. The first-order valence-electron chi connectivity index (χ1n) is 9.72. The zero-order valence-electron chi connectivity index (χ0n) is 17.8. The maximum Gasteiger partial charge on any atom is 0.286 e. The van der Waals surface area contributed by atoms with Crippen LogP contribution in [0.4, 0.5) is 10.8 Å². The topological polar surface area (TPSA) is 119 Å². The van der Waals surface area contributed by atoms with E-state index < -0.39 is 11.8 Å². The van der Waals surface area contributed by atoms with Crippen LogP contribution in [0.15, 0.2) is 48.8 Å². The molecule has 0 saturated heterocycles. The molecule has 0 bridgehead atoms. The van der Waals surface area contributed by atoms with Gasteiger partial charge in [-0.3, -0.25) is 19.9 Å². The molecule has 3 aromatic heterocycles. The number of anilines is 2. The highest BCUT2D eigenvalue weighted by molar-refractivity contribution is 7.17. The van der Waals surface area contributed by atoms with Crippen molar-refractivity contribution in [1.29, 1.82) is 0 Å². The zero-order valence-corrected chi connectivity index (χ0v) is 20.1. The lowest BCUT2D eigenvalue weighted by Gasteiger charge is -2.13. The van der Waals surface area contributed by atoms with Crippen LogP contribution >= 0.6 is 34.5 Å². The first-order valence-corrected chi connectivity index (χ1v) is 11.3. The lowest BCUT2D eigenvalue weighted by Crippen LogP contribution is -2.14. The van der Waals surface area contributed by atoms with Gasteiger partial charge in [0.15, 0.2) is 0 Å². The Balaban J connectivity index is 1.56. The second-order valence-electron chi connectivity index (χ2n) is 6.91. The Morgan fingerprint density at radius 2 is 1.71 bits per heavy atom. The molecule has 2 N–H and O–H groups in total. The standard InChI is InChI=1S/C22H16Cl2N6O3S/c1-11-7-14(15-8-18(24)26-10-17(15)33-2)16(9-25-11)19(31)28-22-30-29-21(34-22)20(32)27-13-5-3-12(23)4-6-13/h3-10H,1-2H3,(H,27,32)(H,28,30,31). The van der Waals surface area contributed by atoms with Crippen LogP contribution < -0.4 is 15.4 Å². The lowest BCUT2D eigenvalue weighted by atomic mass is 10.0. The number of aromatic nitrogens is 4. The Bertz CT molecular complexity index is 1380. The number of ether oxygens (including phenoxy) is 1. The summed E-state index contributed by atoms with van der Waals surface area (Å²) >= 11 is 12.9. The third-order valence-corrected chi connectivity index (χ3v) is 5.87. The molecular weight excluding hydrogens is 499 g/mol. The second kappa shape index (κ2) is 10.1. The molecule has 0 radical (unpaired) electrons. The minimum absolute atomic E-state index is 0.0788. The third-order valence-electron chi connectivity index (χ3n) is 4.57. The van der Waals surface area contributed by atoms with Gasteiger partial charge in [0.25, 0.3) is 11.8 Å².